The molecule has 0 aliphatic carbocycles. The van der Waals surface area contributed by atoms with Crippen molar-refractivity contribution < 1.29 is 13.6 Å². The van der Waals surface area contributed by atoms with E-state index in [-0.39, 0.29) is 5.78 Å². The van der Waals surface area contributed by atoms with Crippen molar-refractivity contribution in [3.05, 3.63) is 52.9 Å². The number of aryl methyl sites for hydroxylation is 3. The van der Waals surface area contributed by atoms with Gasteiger partial charge in [-0.1, -0.05) is 6.92 Å². The van der Waals surface area contributed by atoms with Gasteiger partial charge in [-0.2, -0.15) is 0 Å². The highest BCUT2D eigenvalue weighted by atomic mass is 16.3. The molecule has 0 spiro atoms. The Hall–Kier alpha value is -2.03. The van der Waals surface area contributed by atoms with Crippen LogP contribution in [0, 0.1) is 13.8 Å². The summed E-state index contributed by atoms with van der Waals surface area (Å²) in [7, 11) is 0. The first-order valence-corrected chi connectivity index (χ1v) is 5.98. The molecule has 0 N–H and O–H groups in total. The number of hydrogen-bond acceptors (Lipinski definition) is 3. The van der Waals surface area contributed by atoms with E-state index in [1.54, 1.807) is 19.1 Å². The molecule has 0 aliphatic rings. The number of hydrogen-bond donors (Lipinski definition) is 0. The first kappa shape index (κ1) is 12.4. The SMILES string of the molecule is CCc1ccc(/C=C/C(=O)c2cc(C)oc2C)o1. The Morgan fingerprint density at radius 1 is 1.28 bits per heavy atom. The van der Waals surface area contributed by atoms with Gasteiger partial charge in [0.05, 0.1) is 5.56 Å². The molecule has 3 heteroatoms. The van der Waals surface area contributed by atoms with Crippen molar-refractivity contribution in [3.63, 3.8) is 0 Å². The predicted octanol–water partition coefficient (Wildman–Crippen LogP) is 3.95. The number of allylic oxidation sites excluding steroid dienone is 1. The zero-order valence-corrected chi connectivity index (χ0v) is 10.8. The molecule has 0 atom stereocenters. The minimum absolute atomic E-state index is 0.0706. The number of rotatable bonds is 4. The van der Waals surface area contributed by atoms with Crippen molar-refractivity contribution in [3.8, 4) is 0 Å². The van der Waals surface area contributed by atoms with Crippen LogP contribution in [-0.4, -0.2) is 5.78 Å². The van der Waals surface area contributed by atoms with E-state index in [1.165, 1.54) is 6.08 Å². The number of carbonyl (C=O) groups is 1. The van der Waals surface area contributed by atoms with Gasteiger partial charge < -0.3 is 8.83 Å². The molecule has 2 aromatic heterocycles. The molecule has 2 aromatic rings. The van der Waals surface area contributed by atoms with Crippen LogP contribution >= 0.6 is 0 Å². The summed E-state index contributed by atoms with van der Waals surface area (Å²) < 4.78 is 10.8. The van der Waals surface area contributed by atoms with Gasteiger partial charge >= 0.3 is 0 Å². The number of ketones is 1. The Morgan fingerprint density at radius 2 is 2.06 bits per heavy atom. The summed E-state index contributed by atoms with van der Waals surface area (Å²) in [5.41, 5.74) is 0.603. The highest BCUT2D eigenvalue weighted by Crippen LogP contribution is 2.16. The summed E-state index contributed by atoms with van der Waals surface area (Å²) in [6.45, 7) is 5.64. The maximum absolute atomic E-state index is 11.9. The molecule has 0 saturated heterocycles. The molecule has 0 unspecified atom stereocenters. The maximum Gasteiger partial charge on any atom is 0.189 e. The molecule has 0 radical (unpaired) electrons. The molecular formula is C15H16O3. The van der Waals surface area contributed by atoms with Gasteiger partial charge in [-0.3, -0.25) is 4.79 Å². The van der Waals surface area contributed by atoms with Gasteiger partial charge in [0.2, 0.25) is 0 Å². The Morgan fingerprint density at radius 3 is 2.61 bits per heavy atom. The minimum Gasteiger partial charge on any atom is -0.466 e. The minimum atomic E-state index is -0.0706. The maximum atomic E-state index is 11.9. The summed E-state index contributed by atoms with van der Waals surface area (Å²) in [4.78, 5) is 11.9. The topological polar surface area (TPSA) is 43.4 Å². The third-order valence-electron chi connectivity index (χ3n) is 2.74. The zero-order chi connectivity index (χ0) is 13.1. The van der Waals surface area contributed by atoms with Crippen molar-refractivity contribution in [2.75, 3.05) is 0 Å². The lowest BCUT2D eigenvalue weighted by Crippen LogP contribution is -1.93. The molecule has 0 aliphatic heterocycles. The standard InChI is InChI=1S/C15H16O3/c1-4-12-5-6-13(18-12)7-8-15(16)14-9-10(2)17-11(14)3/h5-9H,4H2,1-3H3/b8-7+. The molecule has 0 amide bonds. The Labute approximate surface area is 106 Å². The largest absolute Gasteiger partial charge is 0.466 e. The van der Waals surface area contributed by atoms with Crippen molar-refractivity contribution in [2.45, 2.75) is 27.2 Å². The van der Waals surface area contributed by atoms with Crippen LogP contribution in [0.25, 0.3) is 6.08 Å². The molecular weight excluding hydrogens is 228 g/mol. The fourth-order valence-electron chi connectivity index (χ4n) is 1.80. The average Bonchev–Trinajstić information content (AvgIpc) is 2.92. The number of furan rings is 2. The van der Waals surface area contributed by atoms with Crippen molar-refractivity contribution in [2.24, 2.45) is 0 Å². The monoisotopic (exact) mass is 244 g/mol. The molecule has 0 saturated carbocycles. The van der Waals surface area contributed by atoms with Gasteiger partial charge in [-0.25, -0.2) is 0 Å². The zero-order valence-electron chi connectivity index (χ0n) is 10.8. The molecule has 0 aromatic carbocycles. The van der Waals surface area contributed by atoms with Crippen LogP contribution in [0.5, 0.6) is 0 Å². The normalized spacial score (nSPS) is 11.3. The van der Waals surface area contributed by atoms with E-state index in [1.807, 2.05) is 26.0 Å². The second kappa shape index (κ2) is 5.08. The van der Waals surface area contributed by atoms with Crippen LogP contribution in [0.1, 0.15) is 40.3 Å². The molecule has 3 nitrogen and oxygen atoms in total. The molecule has 2 heterocycles. The third-order valence-corrected chi connectivity index (χ3v) is 2.74. The van der Waals surface area contributed by atoms with E-state index >= 15 is 0 Å². The van der Waals surface area contributed by atoms with Gasteiger partial charge in [-0.05, 0) is 44.2 Å². The third kappa shape index (κ3) is 2.62. The van der Waals surface area contributed by atoms with E-state index in [4.69, 9.17) is 8.83 Å². The molecule has 0 fully saturated rings. The first-order valence-electron chi connectivity index (χ1n) is 5.98. The van der Waals surface area contributed by atoms with Gasteiger partial charge in [0.1, 0.15) is 23.0 Å². The van der Waals surface area contributed by atoms with Gasteiger partial charge in [0, 0.05) is 6.42 Å². The van der Waals surface area contributed by atoms with E-state index < -0.39 is 0 Å². The van der Waals surface area contributed by atoms with E-state index in [0.717, 1.165) is 17.9 Å². The second-order valence-electron chi connectivity index (χ2n) is 4.18. The lowest BCUT2D eigenvalue weighted by molar-refractivity contribution is 0.104. The quantitative estimate of drug-likeness (QED) is 0.604. The van der Waals surface area contributed by atoms with Gasteiger partial charge in [-0.15, -0.1) is 0 Å². The fourth-order valence-corrected chi connectivity index (χ4v) is 1.80. The highest BCUT2D eigenvalue weighted by molar-refractivity contribution is 6.07. The van der Waals surface area contributed by atoms with Crippen molar-refractivity contribution >= 4 is 11.9 Å². The Bertz CT molecular complexity index is 585. The van der Waals surface area contributed by atoms with Gasteiger partial charge in [0.25, 0.3) is 0 Å². The lowest BCUT2D eigenvalue weighted by Gasteiger charge is -1.91. The first-order chi connectivity index (χ1) is 8.60. The smallest absolute Gasteiger partial charge is 0.189 e. The summed E-state index contributed by atoms with van der Waals surface area (Å²) in [5.74, 6) is 2.93. The number of carbonyl (C=O) groups excluding carboxylic acids is 1. The van der Waals surface area contributed by atoms with E-state index in [9.17, 15) is 4.79 Å². The molecule has 18 heavy (non-hydrogen) atoms. The Balaban J connectivity index is 2.14. The molecule has 2 rings (SSSR count). The second-order valence-corrected chi connectivity index (χ2v) is 4.18. The van der Waals surface area contributed by atoms with Crippen molar-refractivity contribution in [1.82, 2.24) is 0 Å². The van der Waals surface area contributed by atoms with Crippen LogP contribution in [0.3, 0.4) is 0 Å². The van der Waals surface area contributed by atoms with Crippen molar-refractivity contribution in [1.29, 1.82) is 0 Å². The Kier molecular flexibility index (Phi) is 3.51. The fraction of sp³-hybridized carbons (Fsp3) is 0.267. The van der Waals surface area contributed by atoms with Crippen LogP contribution in [0.15, 0.2) is 33.1 Å². The van der Waals surface area contributed by atoms with Crippen LogP contribution in [0.2, 0.25) is 0 Å². The summed E-state index contributed by atoms with van der Waals surface area (Å²) in [6, 6.07) is 5.52. The lowest BCUT2D eigenvalue weighted by atomic mass is 10.1. The summed E-state index contributed by atoms with van der Waals surface area (Å²) in [6.07, 6.45) is 4.04. The molecule has 0 bridgehead atoms. The van der Waals surface area contributed by atoms with Crippen LogP contribution in [-0.2, 0) is 6.42 Å². The average molecular weight is 244 g/mol. The highest BCUT2D eigenvalue weighted by Gasteiger charge is 2.10. The summed E-state index contributed by atoms with van der Waals surface area (Å²) in [5, 5.41) is 0. The predicted molar refractivity (Wildman–Crippen MR) is 69.6 cm³/mol. The van der Waals surface area contributed by atoms with Crippen LogP contribution in [0.4, 0.5) is 0 Å². The van der Waals surface area contributed by atoms with E-state index in [2.05, 4.69) is 0 Å². The molecule has 94 valence electrons. The summed E-state index contributed by atoms with van der Waals surface area (Å²) >= 11 is 0. The van der Waals surface area contributed by atoms with E-state index in [0.29, 0.717) is 17.1 Å². The van der Waals surface area contributed by atoms with Crippen LogP contribution < -0.4 is 0 Å². The van der Waals surface area contributed by atoms with Gasteiger partial charge in [0.15, 0.2) is 5.78 Å².